The lowest BCUT2D eigenvalue weighted by molar-refractivity contribution is -0.219. The molecule has 0 aromatic heterocycles. The molecule has 7 nitrogen and oxygen atoms in total. The second kappa shape index (κ2) is 7.14. The van der Waals surface area contributed by atoms with Crippen molar-refractivity contribution in [1.29, 1.82) is 0 Å². The van der Waals surface area contributed by atoms with Gasteiger partial charge in [-0.3, -0.25) is 0 Å². The lowest BCUT2D eigenvalue weighted by Gasteiger charge is -2.45. The standard InChI is InChI=1S/C20H20N2O5S/c23-12-10-22-11-13-27-20(24)17-9-5-4-8-16(17)18(14-19(20)22)21-28(25,26)15-6-2-1-3-7-15/h1-9,14,23-24H,10-13H2/b21-18+. The summed E-state index contributed by atoms with van der Waals surface area (Å²) in [5.74, 6) is -1.71. The Hall–Kier alpha value is -2.52. The predicted octanol–water partition coefficient (Wildman–Crippen LogP) is 1.23. The van der Waals surface area contributed by atoms with Gasteiger partial charge in [-0.2, -0.15) is 12.8 Å². The molecule has 1 aliphatic carbocycles. The quantitative estimate of drug-likeness (QED) is 0.801. The minimum Gasteiger partial charge on any atom is -0.395 e. The summed E-state index contributed by atoms with van der Waals surface area (Å²) in [4.78, 5) is 1.87. The Morgan fingerprint density at radius 2 is 1.82 bits per heavy atom. The van der Waals surface area contributed by atoms with Crippen LogP contribution in [0.3, 0.4) is 0 Å². The number of aliphatic hydroxyl groups is 2. The topological polar surface area (TPSA) is 99.4 Å². The smallest absolute Gasteiger partial charge is 0.282 e. The number of morpholine rings is 1. The average molecular weight is 400 g/mol. The van der Waals surface area contributed by atoms with Gasteiger partial charge in [0, 0.05) is 24.2 Å². The lowest BCUT2D eigenvalue weighted by atomic mass is 9.86. The second-order valence-electron chi connectivity index (χ2n) is 6.54. The van der Waals surface area contributed by atoms with E-state index in [1.165, 1.54) is 18.2 Å². The zero-order chi connectivity index (χ0) is 19.8. The number of hydrogen-bond acceptors (Lipinski definition) is 6. The number of allylic oxidation sites excluding steroid dienone is 1. The van der Waals surface area contributed by atoms with Crippen molar-refractivity contribution in [2.45, 2.75) is 10.7 Å². The molecule has 0 saturated carbocycles. The van der Waals surface area contributed by atoms with Crippen LogP contribution in [-0.4, -0.2) is 55.5 Å². The molecule has 2 aliphatic rings. The fourth-order valence-corrected chi connectivity index (χ4v) is 4.55. The number of rotatable bonds is 4. The molecule has 2 aromatic carbocycles. The van der Waals surface area contributed by atoms with Gasteiger partial charge in [-0.05, 0) is 18.2 Å². The van der Waals surface area contributed by atoms with Gasteiger partial charge < -0.3 is 19.8 Å². The summed E-state index contributed by atoms with van der Waals surface area (Å²) in [6, 6.07) is 14.9. The largest absolute Gasteiger partial charge is 0.395 e. The SMILES string of the molecule is O=S(=O)(/N=C1\C=C2N(CCO)CCOC2(O)c2ccccc21)c1ccccc1. The Balaban J connectivity index is 1.90. The molecular formula is C20H20N2O5S. The number of nitrogens with zero attached hydrogens (tertiary/aromatic N) is 2. The van der Waals surface area contributed by atoms with E-state index in [0.717, 1.165) is 0 Å². The highest BCUT2D eigenvalue weighted by Crippen LogP contribution is 2.41. The average Bonchev–Trinajstić information content (AvgIpc) is 2.70. The van der Waals surface area contributed by atoms with Crippen LogP contribution in [0.2, 0.25) is 0 Å². The molecule has 28 heavy (non-hydrogen) atoms. The summed E-state index contributed by atoms with van der Waals surface area (Å²) in [5.41, 5.74) is 1.50. The maximum absolute atomic E-state index is 12.8. The molecule has 8 heteroatoms. The molecule has 0 spiro atoms. The fourth-order valence-electron chi connectivity index (χ4n) is 3.53. The first-order valence-electron chi connectivity index (χ1n) is 8.90. The third kappa shape index (κ3) is 3.14. The second-order valence-corrected chi connectivity index (χ2v) is 8.15. The molecule has 2 aromatic rings. The van der Waals surface area contributed by atoms with Gasteiger partial charge in [0.15, 0.2) is 0 Å². The monoisotopic (exact) mass is 400 g/mol. The van der Waals surface area contributed by atoms with Crippen molar-refractivity contribution < 1.29 is 23.4 Å². The molecule has 2 N–H and O–H groups in total. The molecule has 1 fully saturated rings. The third-order valence-corrected chi connectivity index (χ3v) is 6.14. The van der Waals surface area contributed by atoms with Gasteiger partial charge in [-0.1, -0.05) is 42.5 Å². The van der Waals surface area contributed by atoms with Crippen LogP contribution in [-0.2, 0) is 20.5 Å². The Labute approximate surface area is 163 Å². The number of aliphatic hydroxyl groups excluding tert-OH is 1. The number of sulfonamides is 1. The van der Waals surface area contributed by atoms with Gasteiger partial charge in [0.2, 0.25) is 5.79 Å². The van der Waals surface area contributed by atoms with Gasteiger partial charge in [0.1, 0.15) is 0 Å². The number of fused-ring (bicyclic) bond motifs is 3. The molecule has 0 radical (unpaired) electrons. The summed E-state index contributed by atoms with van der Waals surface area (Å²) in [7, 11) is -3.94. The summed E-state index contributed by atoms with van der Waals surface area (Å²) in [6.45, 7) is 0.925. The highest BCUT2D eigenvalue weighted by atomic mass is 32.2. The first kappa shape index (κ1) is 18.8. The van der Waals surface area contributed by atoms with E-state index >= 15 is 0 Å². The minimum absolute atomic E-state index is 0.0892. The van der Waals surface area contributed by atoms with E-state index < -0.39 is 15.8 Å². The van der Waals surface area contributed by atoms with Crippen LogP contribution in [0.5, 0.6) is 0 Å². The van der Waals surface area contributed by atoms with Crippen molar-refractivity contribution in [3.8, 4) is 0 Å². The van der Waals surface area contributed by atoms with Crippen molar-refractivity contribution in [2.75, 3.05) is 26.3 Å². The van der Waals surface area contributed by atoms with E-state index in [1.54, 1.807) is 47.4 Å². The van der Waals surface area contributed by atoms with Crippen LogP contribution in [0.15, 0.2) is 75.7 Å². The zero-order valence-corrected chi connectivity index (χ0v) is 15.8. The summed E-state index contributed by atoms with van der Waals surface area (Å²) >= 11 is 0. The van der Waals surface area contributed by atoms with Gasteiger partial charge >= 0.3 is 0 Å². The Morgan fingerprint density at radius 1 is 1.11 bits per heavy atom. The molecule has 0 amide bonds. The van der Waals surface area contributed by atoms with Crippen LogP contribution in [0.1, 0.15) is 11.1 Å². The van der Waals surface area contributed by atoms with Crippen molar-refractivity contribution >= 4 is 15.7 Å². The molecular weight excluding hydrogens is 380 g/mol. The Morgan fingerprint density at radius 3 is 2.57 bits per heavy atom. The first-order valence-corrected chi connectivity index (χ1v) is 10.3. The van der Waals surface area contributed by atoms with Gasteiger partial charge in [-0.15, -0.1) is 0 Å². The van der Waals surface area contributed by atoms with Crippen molar-refractivity contribution in [3.63, 3.8) is 0 Å². The van der Waals surface area contributed by atoms with Crippen LogP contribution in [0.4, 0.5) is 0 Å². The number of β-amino-alcohol motifs (C(OH)–C–C–N with tert-alkyl or cyclic N) is 1. The maximum Gasteiger partial charge on any atom is 0.282 e. The molecule has 4 rings (SSSR count). The maximum atomic E-state index is 12.8. The Kier molecular flexibility index (Phi) is 4.80. The predicted molar refractivity (Wildman–Crippen MR) is 103 cm³/mol. The first-order chi connectivity index (χ1) is 13.5. The zero-order valence-electron chi connectivity index (χ0n) is 15.0. The molecule has 1 saturated heterocycles. The van der Waals surface area contributed by atoms with Gasteiger partial charge in [0.25, 0.3) is 10.0 Å². The highest BCUT2D eigenvalue weighted by Gasteiger charge is 2.46. The fraction of sp³-hybridized carbons (Fsp3) is 0.250. The van der Waals surface area contributed by atoms with E-state index in [4.69, 9.17) is 4.74 Å². The molecule has 1 heterocycles. The molecule has 0 bridgehead atoms. The van der Waals surface area contributed by atoms with E-state index in [0.29, 0.717) is 29.9 Å². The van der Waals surface area contributed by atoms with E-state index in [2.05, 4.69) is 4.40 Å². The molecule has 1 aliphatic heterocycles. The summed E-state index contributed by atoms with van der Waals surface area (Å²) in [6.07, 6.45) is 1.53. The molecule has 1 atom stereocenters. The summed E-state index contributed by atoms with van der Waals surface area (Å²) < 4.78 is 35.3. The molecule has 146 valence electrons. The lowest BCUT2D eigenvalue weighted by Crippen LogP contribution is -2.50. The number of hydrogen-bond donors (Lipinski definition) is 2. The van der Waals surface area contributed by atoms with Crippen LogP contribution in [0.25, 0.3) is 0 Å². The van der Waals surface area contributed by atoms with Gasteiger partial charge in [0.05, 0.1) is 29.5 Å². The summed E-state index contributed by atoms with van der Waals surface area (Å²) in [5, 5.41) is 20.6. The van der Waals surface area contributed by atoms with Gasteiger partial charge in [-0.25, -0.2) is 0 Å². The highest BCUT2D eigenvalue weighted by molar-refractivity contribution is 7.90. The van der Waals surface area contributed by atoms with Crippen molar-refractivity contribution in [2.24, 2.45) is 4.40 Å². The van der Waals surface area contributed by atoms with Crippen molar-refractivity contribution in [1.82, 2.24) is 4.90 Å². The van der Waals surface area contributed by atoms with Crippen LogP contribution in [0, 0.1) is 0 Å². The number of benzene rings is 2. The Bertz CT molecular complexity index is 1050. The number of ether oxygens (including phenoxy) is 1. The molecule has 1 unspecified atom stereocenters. The minimum atomic E-state index is -3.94. The van der Waals surface area contributed by atoms with E-state index in [1.807, 2.05) is 0 Å². The van der Waals surface area contributed by atoms with Crippen LogP contribution >= 0.6 is 0 Å². The van der Waals surface area contributed by atoms with Crippen molar-refractivity contribution in [3.05, 3.63) is 77.5 Å². The van der Waals surface area contributed by atoms with E-state index in [-0.39, 0.29) is 23.8 Å². The normalized spacial score (nSPS) is 23.1. The third-order valence-electron chi connectivity index (χ3n) is 4.83. The van der Waals surface area contributed by atoms with Crippen LogP contribution < -0.4 is 0 Å². The van der Waals surface area contributed by atoms with E-state index in [9.17, 15) is 18.6 Å².